The van der Waals surface area contributed by atoms with Crippen molar-refractivity contribution in [3.05, 3.63) is 53.6 Å². The number of hydrogen-bond acceptors (Lipinski definition) is 8. The van der Waals surface area contributed by atoms with Crippen molar-refractivity contribution in [3.8, 4) is 17.2 Å². The molecule has 0 aromatic heterocycles. The summed E-state index contributed by atoms with van der Waals surface area (Å²) in [5, 5.41) is 6.11. The number of hydrogen-bond donors (Lipinski definition) is 2. The second-order valence-electron chi connectivity index (χ2n) is 8.98. The van der Waals surface area contributed by atoms with Crippen molar-refractivity contribution < 1.29 is 22.6 Å². The molecule has 0 atom stereocenters. The average Bonchev–Trinajstić information content (AvgIpc) is 3.46. The molecule has 3 aliphatic heterocycles. The molecular formula is C25H31N5O5S. The van der Waals surface area contributed by atoms with Gasteiger partial charge in [0, 0.05) is 19.6 Å². The summed E-state index contributed by atoms with van der Waals surface area (Å²) in [5.41, 5.74) is 2.16. The number of ether oxygens (including phenoxy) is 3. The Kier molecular flexibility index (Phi) is 7.57. The highest BCUT2D eigenvalue weighted by Crippen LogP contribution is 2.32. The molecule has 10 nitrogen and oxygen atoms in total. The first kappa shape index (κ1) is 24.4. The SMILES string of the molecule is O=S1(=O)N=C(NCCCOc2cccc(CN3CCCCC3)c2)C(NCc2ccc3c(c2)OCO3)=N1. The van der Waals surface area contributed by atoms with Crippen LogP contribution >= 0.6 is 0 Å². The highest BCUT2D eigenvalue weighted by Gasteiger charge is 2.24. The van der Waals surface area contributed by atoms with Gasteiger partial charge in [0.2, 0.25) is 6.79 Å². The van der Waals surface area contributed by atoms with Crippen molar-refractivity contribution in [2.24, 2.45) is 8.80 Å². The number of amidine groups is 2. The van der Waals surface area contributed by atoms with Gasteiger partial charge >= 0.3 is 10.2 Å². The molecule has 3 heterocycles. The van der Waals surface area contributed by atoms with Crippen LogP contribution in [0.2, 0.25) is 0 Å². The average molecular weight is 514 g/mol. The first-order valence-corrected chi connectivity index (χ1v) is 13.7. The van der Waals surface area contributed by atoms with Crippen molar-refractivity contribution in [2.45, 2.75) is 38.8 Å². The minimum atomic E-state index is -3.89. The fourth-order valence-electron chi connectivity index (χ4n) is 4.38. The first-order valence-electron chi connectivity index (χ1n) is 12.3. The van der Waals surface area contributed by atoms with E-state index in [0.717, 1.165) is 30.9 Å². The van der Waals surface area contributed by atoms with Gasteiger partial charge in [-0.25, -0.2) is 0 Å². The maximum atomic E-state index is 11.9. The number of rotatable bonds is 9. The van der Waals surface area contributed by atoms with Crippen molar-refractivity contribution >= 4 is 21.9 Å². The summed E-state index contributed by atoms with van der Waals surface area (Å²) in [4.78, 5) is 2.49. The third kappa shape index (κ3) is 6.46. The molecule has 11 heteroatoms. The second kappa shape index (κ2) is 11.2. The minimum absolute atomic E-state index is 0.194. The molecule has 36 heavy (non-hydrogen) atoms. The molecule has 2 aromatic carbocycles. The van der Waals surface area contributed by atoms with Crippen LogP contribution in [0.15, 0.2) is 51.3 Å². The molecule has 1 fully saturated rings. The van der Waals surface area contributed by atoms with Crippen LogP contribution in [0.3, 0.4) is 0 Å². The maximum Gasteiger partial charge on any atom is 0.367 e. The third-order valence-electron chi connectivity index (χ3n) is 6.17. The Balaban J connectivity index is 1.07. The molecule has 192 valence electrons. The fourth-order valence-corrected chi connectivity index (χ4v) is 5.19. The van der Waals surface area contributed by atoms with Gasteiger partial charge in [0.1, 0.15) is 5.75 Å². The summed E-state index contributed by atoms with van der Waals surface area (Å²) >= 11 is 0. The van der Waals surface area contributed by atoms with Crippen molar-refractivity contribution in [3.63, 3.8) is 0 Å². The smallest absolute Gasteiger partial charge is 0.367 e. The van der Waals surface area contributed by atoms with Gasteiger partial charge in [-0.15, -0.1) is 8.80 Å². The van der Waals surface area contributed by atoms with E-state index in [1.165, 1.54) is 24.8 Å². The van der Waals surface area contributed by atoms with E-state index in [2.05, 4.69) is 36.5 Å². The molecule has 2 N–H and O–H groups in total. The Bertz CT molecular complexity index is 1240. The predicted octanol–water partition coefficient (Wildman–Crippen LogP) is 2.60. The maximum absolute atomic E-state index is 11.9. The largest absolute Gasteiger partial charge is 0.494 e. The summed E-state index contributed by atoms with van der Waals surface area (Å²) in [6.45, 7) is 4.83. The Hall–Kier alpha value is -3.31. The summed E-state index contributed by atoms with van der Waals surface area (Å²) < 4.78 is 48.0. The minimum Gasteiger partial charge on any atom is -0.494 e. The van der Waals surface area contributed by atoms with Crippen LogP contribution in [0.4, 0.5) is 0 Å². The van der Waals surface area contributed by atoms with E-state index in [4.69, 9.17) is 14.2 Å². The molecule has 0 unspecified atom stereocenters. The number of nitrogens with one attached hydrogen (secondary N) is 2. The van der Waals surface area contributed by atoms with Crippen LogP contribution in [0.5, 0.6) is 17.2 Å². The Morgan fingerprint density at radius 1 is 0.917 bits per heavy atom. The monoisotopic (exact) mass is 513 g/mol. The van der Waals surface area contributed by atoms with Crippen LogP contribution < -0.4 is 24.8 Å². The zero-order chi connectivity index (χ0) is 24.8. The zero-order valence-electron chi connectivity index (χ0n) is 20.1. The predicted molar refractivity (Wildman–Crippen MR) is 137 cm³/mol. The van der Waals surface area contributed by atoms with Crippen LogP contribution in [0.1, 0.15) is 36.8 Å². The second-order valence-corrected chi connectivity index (χ2v) is 10.2. The Morgan fingerprint density at radius 3 is 2.58 bits per heavy atom. The first-order chi connectivity index (χ1) is 17.5. The lowest BCUT2D eigenvalue weighted by Gasteiger charge is -2.26. The molecule has 0 bridgehead atoms. The number of piperidine rings is 1. The van der Waals surface area contributed by atoms with E-state index in [-0.39, 0.29) is 18.5 Å². The van der Waals surface area contributed by atoms with E-state index in [1.807, 2.05) is 30.3 Å². The molecular weight excluding hydrogens is 482 g/mol. The van der Waals surface area contributed by atoms with E-state index < -0.39 is 10.2 Å². The van der Waals surface area contributed by atoms with Gasteiger partial charge in [-0.1, -0.05) is 24.6 Å². The summed E-state index contributed by atoms with van der Waals surface area (Å²) in [6, 6.07) is 13.8. The molecule has 0 amide bonds. The van der Waals surface area contributed by atoms with Crippen LogP contribution in [0.25, 0.3) is 0 Å². The molecule has 5 rings (SSSR count). The molecule has 0 saturated carbocycles. The summed E-state index contributed by atoms with van der Waals surface area (Å²) in [6.07, 6.45) is 4.55. The van der Waals surface area contributed by atoms with Crippen molar-refractivity contribution in [2.75, 3.05) is 33.0 Å². The summed E-state index contributed by atoms with van der Waals surface area (Å²) in [7, 11) is -3.89. The molecule has 2 aromatic rings. The molecule has 0 aliphatic carbocycles. The van der Waals surface area contributed by atoms with Gasteiger partial charge in [0.05, 0.1) is 6.61 Å². The van der Waals surface area contributed by atoms with Crippen molar-refractivity contribution in [1.29, 1.82) is 0 Å². The highest BCUT2D eigenvalue weighted by atomic mass is 32.2. The number of likely N-dealkylation sites (tertiary alicyclic amines) is 1. The van der Waals surface area contributed by atoms with Crippen LogP contribution in [-0.4, -0.2) is 58.0 Å². The van der Waals surface area contributed by atoms with Gasteiger partial charge in [-0.05, 0) is 67.7 Å². The lowest BCUT2D eigenvalue weighted by atomic mass is 10.1. The number of fused-ring (bicyclic) bond motifs is 1. The molecule has 1 saturated heterocycles. The van der Waals surface area contributed by atoms with Gasteiger partial charge in [0.25, 0.3) is 0 Å². The Morgan fingerprint density at radius 2 is 1.72 bits per heavy atom. The quantitative estimate of drug-likeness (QED) is 0.492. The van der Waals surface area contributed by atoms with Gasteiger partial charge in [0.15, 0.2) is 23.2 Å². The highest BCUT2D eigenvalue weighted by molar-refractivity contribution is 7.89. The van der Waals surface area contributed by atoms with E-state index in [0.29, 0.717) is 37.6 Å². The topological polar surface area (TPSA) is 114 Å². The lowest BCUT2D eigenvalue weighted by molar-refractivity contribution is 0.174. The van der Waals surface area contributed by atoms with Crippen LogP contribution in [0, 0.1) is 0 Å². The van der Waals surface area contributed by atoms with Gasteiger partial charge < -0.3 is 24.8 Å². The standard InChI is InChI=1S/C25H31N5O5S/c31-36(32)28-24(25(29-36)27-16-19-8-9-22-23(15-19)35-18-34-22)26-10-5-13-33-21-7-4-6-20(14-21)17-30-11-2-1-3-12-30/h4,6-9,14-15H,1-3,5,10-13,16-18H2,(H,26,28)(H,27,29). The zero-order valence-corrected chi connectivity index (χ0v) is 20.9. The van der Waals surface area contributed by atoms with E-state index in [1.54, 1.807) is 0 Å². The van der Waals surface area contributed by atoms with Gasteiger partial charge in [-0.3, -0.25) is 4.90 Å². The molecule has 3 aliphatic rings. The summed E-state index contributed by atoms with van der Waals surface area (Å²) in [5.74, 6) is 2.61. The number of benzene rings is 2. The lowest BCUT2D eigenvalue weighted by Crippen LogP contribution is -2.38. The van der Waals surface area contributed by atoms with Gasteiger partial charge in [-0.2, -0.15) is 8.42 Å². The molecule has 0 radical (unpaired) electrons. The Labute approximate surface area is 211 Å². The molecule has 0 spiro atoms. The normalized spacial score (nSPS) is 18.4. The third-order valence-corrected chi connectivity index (χ3v) is 7.00. The van der Waals surface area contributed by atoms with Crippen LogP contribution in [-0.2, 0) is 23.3 Å². The van der Waals surface area contributed by atoms with E-state index >= 15 is 0 Å². The van der Waals surface area contributed by atoms with Crippen molar-refractivity contribution in [1.82, 2.24) is 15.5 Å². The number of nitrogens with zero attached hydrogens (tertiary/aromatic N) is 3. The van der Waals surface area contributed by atoms with E-state index in [9.17, 15) is 8.42 Å². The fraction of sp³-hybridized carbons (Fsp3) is 0.440.